The number of esters is 1. The summed E-state index contributed by atoms with van der Waals surface area (Å²) in [5.74, 6) is -0.933. The van der Waals surface area contributed by atoms with Gasteiger partial charge in [0.05, 0.1) is 24.1 Å². The maximum atomic E-state index is 13.3. The highest BCUT2D eigenvalue weighted by Gasteiger charge is 2.23. The largest absolute Gasteiger partial charge is 0.465 e. The number of hydrogen-bond acceptors (Lipinski definition) is 5. The number of ether oxygens (including phenoxy) is 1. The van der Waals surface area contributed by atoms with Gasteiger partial charge in [0.15, 0.2) is 5.84 Å². The van der Waals surface area contributed by atoms with Crippen LogP contribution in [0.4, 0.5) is 15.8 Å². The van der Waals surface area contributed by atoms with Gasteiger partial charge in [-0.3, -0.25) is 0 Å². The van der Waals surface area contributed by atoms with Gasteiger partial charge in [-0.2, -0.15) is 8.42 Å². The molecule has 0 aliphatic rings. The van der Waals surface area contributed by atoms with Gasteiger partial charge in [0.1, 0.15) is 10.7 Å². The van der Waals surface area contributed by atoms with Crippen molar-refractivity contribution in [2.75, 3.05) is 26.5 Å². The van der Waals surface area contributed by atoms with Gasteiger partial charge in [-0.25, -0.2) is 9.18 Å². The molecule has 0 amide bonds. The third-order valence-electron chi connectivity index (χ3n) is 4.27. The van der Waals surface area contributed by atoms with Gasteiger partial charge >= 0.3 is 5.97 Å². The molecule has 3 aromatic rings. The molecule has 31 heavy (non-hydrogen) atoms. The first-order valence-electron chi connectivity index (χ1n) is 9.12. The number of halogens is 1. The summed E-state index contributed by atoms with van der Waals surface area (Å²) in [4.78, 5) is 16.2. The molecule has 0 saturated heterocycles. The van der Waals surface area contributed by atoms with Crippen LogP contribution in [0.5, 0.6) is 0 Å². The molecule has 0 bridgehead atoms. The summed E-state index contributed by atoms with van der Waals surface area (Å²) in [6, 6.07) is 12.9. The molecular formula is C21H21FN4O4S. The third-order valence-corrected chi connectivity index (χ3v) is 5.58. The molecule has 1 heterocycles. The van der Waals surface area contributed by atoms with Crippen molar-refractivity contribution in [2.45, 2.75) is 4.90 Å². The maximum absolute atomic E-state index is 13.3. The molecule has 0 saturated carbocycles. The lowest BCUT2D eigenvalue weighted by atomic mass is 10.2. The fourth-order valence-corrected chi connectivity index (χ4v) is 4.04. The van der Waals surface area contributed by atoms with Crippen LogP contribution in [0.15, 0.2) is 70.1 Å². The van der Waals surface area contributed by atoms with Gasteiger partial charge in [0, 0.05) is 26.0 Å². The smallest absolute Gasteiger partial charge is 0.337 e. The first-order chi connectivity index (χ1) is 14.7. The topological polar surface area (TPSA) is 104 Å². The zero-order valence-corrected chi connectivity index (χ0v) is 17.9. The van der Waals surface area contributed by atoms with Crippen LogP contribution in [0.1, 0.15) is 16.1 Å². The van der Waals surface area contributed by atoms with Gasteiger partial charge in [0.2, 0.25) is 0 Å². The molecule has 0 spiro atoms. The second-order valence-corrected chi connectivity index (χ2v) is 8.28. The molecule has 162 valence electrons. The number of rotatable bonds is 6. The lowest BCUT2D eigenvalue weighted by molar-refractivity contribution is 0.0600. The lowest BCUT2D eigenvalue weighted by Crippen LogP contribution is -2.25. The van der Waals surface area contributed by atoms with E-state index in [2.05, 4.69) is 14.7 Å². The highest BCUT2D eigenvalue weighted by molar-refractivity contribution is 7.90. The van der Waals surface area contributed by atoms with Crippen molar-refractivity contribution < 1.29 is 22.3 Å². The van der Waals surface area contributed by atoms with Crippen LogP contribution in [0.3, 0.4) is 0 Å². The molecule has 2 N–H and O–H groups in total. The second kappa shape index (κ2) is 9.00. The van der Waals surface area contributed by atoms with Crippen molar-refractivity contribution in [3.63, 3.8) is 0 Å². The van der Waals surface area contributed by atoms with Gasteiger partial charge in [0.25, 0.3) is 10.0 Å². The standard InChI is InChI=1S/C21H21FN4O4S/c1-26(2)20(18-5-4-12-23-18)25-31(28,29)19-13-14(21(27)30-3)6-11-17(19)24-16-9-7-15(22)8-10-16/h4-13,23-24H,1-3H3. The number of H-pyrrole nitrogens is 1. The van der Waals surface area contributed by atoms with E-state index in [-0.39, 0.29) is 22.0 Å². The number of carbonyl (C=O) groups is 1. The zero-order chi connectivity index (χ0) is 22.6. The van der Waals surface area contributed by atoms with Gasteiger partial charge in [-0.1, -0.05) is 0 Å². The number of carbonyl (C=O) groups excluding carboxylic acids is 1. The molecule has 1 aromatic heterocycles. The molecule has 2 aromatic carbocycles. The fraction of sp³-hybridized carbons (Fsp3) is 0.143. The number of hydrogen-bond donors (Lipinski definition) is 2. The minimum absolute atomic E-state index is 0.0483. The van der Waals surface area contributed by atoms with E-state index in [0.29, 0.717) is 11.4 Å². The summed E-state index contributed by atoms with van der Waals surface area (Å²) in [5.41, 5.74) is 1.19. The van der Waals surface area contributed by atoms with E-state index in [0.717, 1.165) is 0 Å². The predicted molar refractivity (Wildman–Crippen MR) is 116 cm³/mol. The van der Waals surface area contributed by atoms with E-state index in [1.807, 2.05) is 0 Å². The number of amidine groups is 1. The SMILES string of the molecule is COC(=O)c1ccc(Nc2ccc(F)cc2)c(S(=O)(=O)N=C(c2ccc[nH]2)N(C)C)c1. The van der Waals surface area contributed by atoms with Crippen LogP contribution >= 0.6 is 0 Å². The van der Waals surface area contributed by atoms with Crippen LogP contribution in [-0.2, 0) is 14.8 Å². The minimum atomic E-state index is -4.27. The molecule has 0 aliphatic heterocycles. The van der Waals surface area contributed by atoms with Crippen molar-refractivity contribution in [3.8, 4) is 0 Å². The van der Waals surface area contributed by atoms with E-state index in [4.69, 9.17) is 4.74 Å². The van der Waals surface area contributed by atoms with Crippen molar-refractivity contribution in [3.05, 3.63) is 77.9 Å². The Balaban J connectivity index is 2.14. The van der Waals surface area contributed by atoms with Crippen LogP contribution in [0.2, 0.25) is 0 Å². The highest BCUT2D eigenvalue weighted by atomic mass is 32.2. The van der Waals surface area contributed by atoms with Gasteiger partial charge < -0.3 is 19.9 Å². The molecule has 0 fully saturated rings. The Kier molecular flexibility index (Phi) is 6.40. The van der Waals surface area contributed by atoms with Crippen molar-refractivity contribution in [2.24, 2.45) is 4.40 Å². The van der Waals surface area contributed by atoms with Crippen molar-refractivity contribution in [1.29, 1.82) is 0 Å². The number of benzene rings is 2. The molecule has 0 radical (unpaired) electrons. The number of methoxy groups -OCH3 is 1. The minimum Gasteiger partial charge on any atom is -0.465 e. The molecule has 0 unspecified atom stereocenters. The van der Waals surface area contributed by atoms with E-state index in [9.17, 15) is 17.6 Å². The average molecular weight is 444 g/mol. The Bertz CT molecular complexity index is 1200. The van der Waals surface area contributed by atoms with Gasteiger partial charge in [-0.15, -0.1) is 4.40 Å². The summed E-state index contributed by atoms with van der Waals surface area (Å²) in [7, 11) is 0.260. The Labute approximate surface area is 179 Å². The monoisotopic (exact) mass is 444 g/mol. The number of nitrogens with one attached hydrogen (secondary N) is 2. The summed E-state index contributed by atoms with van der Waals surface area (Å²) < 4.78 is 48.5. The molecule has 8 nitrogen and oxygen atoms in total. The number of aromatic amines is 1. The first-order valence-corrected chi connectivity index (χ1v) is 10.6. The first kappa shape index (κ1) is 22.0. The molecule has 0 aliphatic carbocycles. The average Bonchev–Trinajstić information content (AvgIpc) is 3.27. The van der Waals surface area contributed by atoms with Crippen LogP contribution in [0, 0.1) is 5.82 Å². The zero-order valence-electron chi connectivity index (χ0n) is 17.1. The van der Waals surface area contributed by atoms with Crippen LogP contribution < -0.4 is 5.32 Å². The number of sulfonamides is 1. The maximum Gasteiger partial charge on any atom is 0.337 e. The third kappa shape index (κ3) is 5.10. The van der Waals surface area contributed by atoms with E-state index in [1.54, 1.807) is 37.3 Å². The predicted octanol–water partition coefficient (Wildman–Crippen LogP) is 3.38. The van der Waals surface area contributed by atoms with Crippen LogP contribution in [-0.4, -0.2) is 51.3 Å². The summed E-state index contributed by atoms with van der Waals surface area (Å²) >= 11 is 0. The summed E-state index contributed by atoms with van der Waals surface area (Å²) in [6.45, 7) is 0. The van der Waals surface area contributed by atoms with Crippen molar-refractivity contribution >= 4 is 33.2 Å². The molecule has 0 atom stereocenters. The normalized spacial score (nSPS) is 11.8. The summed E-state index contributed by atoms with van der Waals surface area (Å²) in [5, 5.41) is 2.94. The van der Waals surface area contributed by atoms with Crippen molar-refractivity contribution in [1.82, 2.24) is 9.88 Å². The summed E-state index contributed by atoms with van der Waals surface area (Å²) in [6.07, 6.45) is 1.65. The van der Waals surface area contributed by atoms with Crippen LogP contribution in [0.25, 0.3) is 0 Å². The quantitative estimate of drug-likeness (QED) is 0.343. The second-order valence-electron chi connectivity index (χ2n) is 6.70. The lowest BCUT2D eigenvalue weighted by Gasteiger charge is -2.16. The Morgan fingerprint density at radius 1 is 1.13 bits per heavy atom. The van der Waals surface area contributed by atoms with E-state index < -0.39 is 21.8 Å². The molecule has 10 heteroatoms. The Morgan fingerprint density at radius 3 is 2.42 bits per heavy atom. The fourth-order valence-electron chi connectivity index (χ4n) is 2.78. The van der Waals surface area contributed by atoms with E-state index >= 15 is 0 Å². The number of nitrogens with zero attached hydrogens (tertiary/aromatic N) is 2. The van der Waals surface area contributed by atoms with Gasteiger partial charge in [-0.05, 0) is 54.6 Å². The Morgan fingerprint density at radius 2 is 1.84 bits per heavy atom. The molecular weight excluding hydrogens is 423 g/mol. The molecule has 3 rings (SSSR count). The van der Waals surface area contributed by atoms with E-state index in [1.165, 1.54) is 49.6 Å². The Hall–Kier alpha value is -3.66. The number of anilines is 2. The number of aromatic nitrogens is 1. The highest BCUT2D eigenvalue weighted by Crippen LogP contribution is 2.29.